The Labute approximate surface area is 226 Å². The molecule has 39 heavy (non-hydrogen) atoms. The Morgan fingerprint density at radius 1 is 0.897 bits per heavy atom. The number of amides is 2. The van der Waals surface area contributed by atoms with Crippen molar-refractivity contribution < 1.29 is 28.6 Å². The molecule has 1 N–H and O–H groups in total. The second-order valence-electron chi connectivity index (χ2n) is 9.06. The van der Waals surface area contributed by atoms with Crippen molar-refractivity contribution in [3.05, 3.63) is 91.0 Å². The summed E-state index contributed by atoms with van der Waals surface area (Å²) in [5.41, 5.74) is 1.15. The largest absolute Gasteiger partial charge is 0.492 e. The second-order valence-corrected chi connectivity index (χ2v) is 9.06. The highest BCUT2D eigenvalue weighted by atomic mass is 16.5. The summed E-state index contributed by atoms with van der Waals surface area (Å²) in [7, 11) is 0. The molecule has 1 heterocycles. The molecule has 1 aliphatic heterocycles. The highest BCUT2D eigenvalue weighted by molar-refractivity contribution is 6.00. The lowest BCUT2D eigenvalue weighted by atomic mass is 10.1. The van der Waals surface area contributed by atoms with Gasteiger partial charge in [0.2, 0.25) is 5.91 Å². The summed E-state index contributed by atoms with van der Waals surface area (Å²) in [4.78, 5) is 39.2. The fourth-order valence-corrected chi connectivity index (χ4v) is 4.51. The molecule has 5 rings (SSSR count). The Hall–Kier alpha value is -4.85. The molecule has 198 valence electrons. The zero-order valence-electron chi connectivity index (χ0n) is 21.5. The third-order valence-corrected chi connectivity index (χ3v) is 6.39. The Kier molecular flexibility index (Phi) is 7.73. The molecule has 1 saturated heterocycles. The van der Waals surface area contributed by atoms with Gasteiger partial charge in [0, 0.05) is 24.0 Å². The van der Waals surface area contributed by atoms with E-state index in [1.54, 1.807) is 53.4 Å². The zero-order chi connectivity index (χ0) is 27.2. The van der Waals surface area contributed by atoms with E-state index in [0.717, 1.165) is 16.5 Å². The standard InChI is InChI=1S/C31H28N2O6/c1-2-37-28-12-6-5-11-26(28)32-29(34)20-38-31(36)22-18-30(35)33(19-22)23-14-16-24(17-15-23)39-27-13-7-9-21-8-3-4-10-25(21)27/h3-17,22H,2,18-20H2,1H3,(H,32,34)/t22-/m0/s1. The van der Waals surface area contributed by atoms with Crippen LogP contribution in [0, 0.1) is 5.92 Å². The predicted octanol–water partition coefficient (Wildman–Crippen LogP) is 5.57. The van der Waals surface area contributed by atoms with Crippen LogP contribution in [-0.4, -0.2) is 37.5 Å². The number of hydrogen-bond acceptors (Lipinski definition) is 6. The van der Waals surface area contributed by atoms with Crippen molar-refractivity contribution in [3.8, 4) is 17.2 Å². The third-order valence-electron chi connectivity index (χ3n) is 6.39. The van der Waals surface area contributed by atoms with Gasteiger partial charge in [0.05, 0.1) is 18.2 Å². The molecule has 0 aliphatic carbocycles. The van der Waals surface area contributed by atoms with E-state index < -0.39 is 24.4 Å². The van der Waals surface area contributed by atoms with E-state index in [1.165, 1.54) is 0 Å². The summed E-state index contributed by atoms with van der Waals surface area (Å²) in [6.07, 6.45) is 0.0158. The van der Waals surface area contributed by atoms with Crippen molar-refractivity contribution in [3.63, 3.8) is 0 Å². The topological polar surface area (TPSA) is 94.2 Å². The fraction of sp³-hybridized carbons (Fsp3) is 0.194. The summed E-state index contributed by atoms with van der Waals surface area (Å²) in [6.45, 7) is 2.02. The van der Waals surface area contributed by atoms with Crippen LogP contribution in [0.3, 0.4) is 0 Å². The summed E-state index contributed by atoms with van der Waals surface area (Å²) in [5.74, 6) is -0.0120. The first-order valence-corrected chi connectivity index (χ1v) is 12.8. The van der Waals surface area contributed by atoms with Crippen molar-refractivity contribution in [2.45, 2.75) is 13.3 Å². The van der Waals surface area contributed by atoms with Crippen LogP contribution in [0.15, 0.2) is 91.0 Å². The number of fused-ring (bicyclic) bond motifs is 1. The molecule has 0 unspecified atom stereocenters. The molecule has 4 aromatic carbocycles. The predicted molar refractivity (Wildman–Crippen MR) is 148 cm³/mol. The number of benzene rings is 4. The number of para-hydroxylation sites is 2. The smallest absolute Gasteiger partial charge is 0.311 e. The van der Waals surface area contributed by atoms with Crippen molar-refractivity contribution in [1.29, 1.82) is 0 Å². The Morgan fingerprint density at radius 3 is 2.44 bits per heavy atom. The van der Waals surface area contributed by atoms with E-state index in [2.05, 4.69) is 5.32 Å². The molecule has 8 nitrogen and oxygen atoms in total. The number of rotatable bonds is 9. The summed E-state index contributed by atoms with van der Waals surface area (Å²) in [5, 5.41) is 4.78. The zero-order valence-corrected chi connectivity index (χ0v) is 21.5. The second kappa shape index (κ2) is 11.7. The van der Waals surface area contributed by atoms with Crippen LogP contribution in [0.2, 0.25) is 0 Å². The fourth-order valence-electron chi connectivity index (χ4n) is 4.51. The molecule has 1 atom stereocenters. The Balaban J connectivity index is 1.16. The molecule has 4 aromatic rings. The van der Waals surface area contributed by atoms with Crippen LogP contribution in [-0.2, 0) is 19.1 Å². The van der Waals surface area contributed by atoms with Gasteiger partial charge < -0.3 is 24.4 Å². The highest BCUT2D eigenvalue weighted by Crippen LogP contribution is 2.32. The van der Waals surface area contributed by atoms with Gasteiger partial charge in [0.1, 0.15) is 17.2 Å². The molecule has 8 heteroatoms. The molecule has 0 aromatic heterocycles. The first-order chi connectivity index (χ1) is 19.0. The summed E-state index contributed by atoms with van der Waals surface area (Å²) >= 11 is 0. The maximum Gasteiger partial charge on any atom is 0.311 e. The SMILES string of the molecule is CCOc1ccccc1NC(=O)COC(=O)[C@H]1CC(=O)N(c2ccc(Oc3cccc4ccccc34)cc2)C1. The van der Waals surface area contributed by atoms with Crippen LogP contribution in [0.1, 0.15) is 13.3 Å². The van der Waals surface area contributed by atoms with E-state index in [-0.39, 0.29) is 18.9 Å². The first kappa shape index (κ1) is 25.8. The number of hydrogen-bond donors (Lipinski definition) is 1. The molecular formula is C31H28N2O6. The molecule has 2 amide bonds. The molecule has 1 fully saturated rings. The maximum absolute atomic E-state index is 12.7. The quantitative estimate of drug-likeness (QED) is 0.288. The lowest BCUT2D eigenvalue weighted by Crippen LogP contribution is -2.28. The van der Waals surface area contributed by atoms with Crippen molar-refractivity contribution in [2.24, 2.45) is 5.92 Å². The van der Waals surface area contributed by atoms with Crippen LogP contribution >= 0.6 is 0 Å². The summed E-state index contributed by atoms with van der Waals surface area (Å²) in [6, 6.07) is 28.0. The highest BCUT2D eigenvalue weighted by Gasteiger charge is 2.36. The van der Waals surface area contributed by atoms with Gasteiger partial charge in [-0.1, -0.05) is 48.5 Å². The lowest BCUT2D eigenvalue weighted by molar-refractivity contribution is -0.151. The lowest BCUT2D eigenvalue weighted by Gasteiger charge is -2.17. The average molecular weight is 525 g/mol. The third kappa shape index (κ3) is 6.01. The van der Waals surface area contributed by atoms with Gasteiger partial charge in [-0.05, 0) is 54.8 Å². The van der Waals surface area contributed by atoms with E-state index in [0.29, 0.717) is 29.5 Å². The van der Waals surface area contributed by atoms with Gasteiger partial charge in [-0.25, -0.2) is 0 Å². The van der Waals surface area contributed by atoms with Gasteiger partial charge in [0.15, 0.2) is 6.61 Å². The number of ether oxygens (including phenoxy) is 3. The van der Waals surface area contributed by atoms with Gasteiger partial charge >= 0.3 is 5.97 Å². The van der Waals surface area contributed by atoms with Gasteiger partial charge in [0.25, 0.3) is 5.91 Å². The van der Waals surface area contributed by atoms with Crippen LogP contribution < -0.4 is 19.7 Å². The Bertz CT molecular complexity index is 1500. The molecule has 0 saturated carbocycles. The average Bonchev–Trinajstić information content (AvgIpc) is 3.35. The van der Waals surface area contributed by atoms with E-state index >= 15 is 0 Å². The minimum Gasteiger partial charge on any atom is -0.492 e. The van der Waals surface area contributed by atoms with Gasteiger partial charge in [-0.15, -0.1) is 0 Å². The maximum atomic E-state index is 12.7. The molecule has 1 aliphatic rings. The molecular weight excluding hydrogens is 496 g/mol. The molecule has 0 bridgehead atoms. The van der Waals surface area contributed by atoms with Crippen molar-refractivity contribution >= 4 is 39.9 Å². The van der Waals surface area contributed by atoms with Crippen LogP contribution in [0.25, 0.3) is 10.8 Å². The molecule has 0 radical (unpaired) electrons. The minimum absolute atomic E-state index is 0.0158. The monoisotopic (exact) mass is 524 g/mol. The van der Waals surface area contributed by atoms with Gasteiger partial charge in [-0.3, -0.25) is 14.4 Å². The molecule has 0 spiro atoms. The van der Waals surface area contributed by atoms with E-state index in [4.69, 9.17) is 14.2 Å². The number of carbonyl (C=O) groups is 3. The normalized spacial score (nSPS) is 14.7. The van der Waals surface area contributed by atoms with Gasteiger partial charge in [-0.2, -0.15) is 0 Å². The van der Waals surface area contributed by atoms with E-state index in [1.807, 2.05) is 49.4 Å². The minimum atomic E-state index is -0.660. The Morgan fingerprint density at radius 2 is 1.62 bits per heavy atom. The van der Waals surface area contributed by atoms with E-state index in [9.17, 15) is 14.4 Å². The number of anilines is 2. The number of carbonyl (C=O) groups excluding carboxylic acids is 3. The number of nitrogens with one attached hydrogen (secondary N) is 1. The van der Waals surface area contributed by atoms with Crippen LogP contribution in [0.5, 0.6) is 17.2 Å². The number of nitrogens with zero attached hydrogens (tertiary/aromatic N) is 1. The van der Waals surface area contributed by atoms with Crippen LogP contribution in [0.4, 0.5) is 11.4 Å². The first-order valence-electron chi connectivity index (χ1n) is 12.8. The van der Waals surface area contributed by atoms with Crippen molar-refractivity contribution in [1.82, 2.24) is 0 Å². The van der Waals surface area contributed by atoms with Crippen molar-refractivity contribution in [2.75, 3.05) is 30.0 Å². The summed E-state index contributed by atoms with van der Waals surface area (Å²) < 4.78 is 16.8. The number of esters is 1.